The fraction of sp³-hybridized carbons (Fsp3) is 0.786. The van der Waals surface area contributed by atoms with Crippen LogP contribution in [0.15, 0.2) is 6.20 Å². The summed E-state index contributed by atoms with van der Waals surface area (Å²) in [5, 5.41) is 0. The summed E-state index contributed by atoms with van der Waals surface area (Å²) in [6, 6.07) is 0. The molecule has 0 bridgehead atoms. The van der Waals surface area contributed by atoms with E-state index in [1.807, 2.05) is 13.1 Å². The molecular formula is C28H49ClN2O4. The molecule has 0 radical (unpaired) electrons. The summed E-state index contributed by atoms with van der Waals surface area (Å²) in [6.45, 7) is 8.92. The van der Waals surface area contributed by atoms with Gasteiger partial charge in [0, 0.05) is 30.2 Å². The molecule has 0 amide bonds. The van der Waals surface area contributed by atoms with Crippen LogP contribution < -0.4 is 17.1 Å². The Morgan fingerprint density at radius 3 is 2.37 bits per heavy atom. The van der Waals surface area contributed by atoms with Crippen LogP contribution in [0.25, 0.3) is 0 Å². The first-order valence-corrected chi connectivity index (χ1v) is 13.6. The van der Waals surface area contributed by atoms with Crippen LogP contribution in [0, 0.1) is 6.92 Å². The Labute approximate surface area is 220 Å². The standard InChI is InChI=1S/C28H49N2O4.ClH/c1-6-8-9-10-11-12-13-14-15-17-26(31)32-19-18-30(4,5)21-24-20-29-23(3)28-25(24)22-33-27(34-28)16-7-2;/h20,27H,6-19,21-22H2,1-5H3;1H/q+1;/p-1. The van der Waals surface area contributed by atoms with Gasteiger partial charge in [0.25, 0.3) is 0 Å². The number of halogens is 1. The van der Waals surface area contributed by atoms with Gasteiger partial charge in [0.1, 0.15) is 25.4 Å². The van der Waals surface area contributed by atoms with Crippen LogP contribution in [-0.2, 0) is 27.4 Å². The van der Waals surface area contributed by atoms with Gasteiger partial charge in [-0.2, -0.15) is 0 Å². The molecule has 2 heterocycles. The molecule has 2 rings (SSSR count). The van der Waals surface area contributed by atoms with Crippen LogP contribution in [0.1, 0.15) is 108 Å². The summed E-state index contributed by atoms with van der Waals surface area (Å²) in [4.78, 5) is 16.7. The van der Waals surface area contributed by atoms with Crippen molar-refractivity contribution in [3.05, 3.63) is 23.0 Å². The molecule has 1 aliphatic heterocycles. The third-order valence-corrected chi connectivity index (χ3v) is 6.63. The van der Waals surface area contributed by atoms with Gasteiger partial charge in [-0.1, -0.05) is 71.6 Å². The number of carbonyl (C=O) groups excluding carboxylic acids is 1. The number of carbonyl (C=O) groups is 1. The second kappa shape index (κ2) is 17.1. The Balaban J connectivity index is 0.00000612. The van der Waals surface area contributed by atoms with E-state index in [9.17, 15) is 4.79 Å². The molecular weight excluding hydrogens is 464 g/mol. The van der Waals surface area contributed by atoms with Crippen molar-refractivity contribution in [2.45, 2.75) is 117 Å². The molecule has 0 fully saturated rings. The number of rotatable bonds is 17. The van der Waals surface area contributed by atoms with Gasteiger partial charge in [0.05, 0.1) is 26.4 Å². The normalized spacial score (nSPS) is 15.2. The molecule has 0 aromatic carbocycles. The number of aromatic nitrogens is 1. The number of quaternary nitrogens is 1. The summed E-state index contributed by atoms with van der Waals surface area (Å²) in [5.41, 5.74) is 3.16. The van der Waals surface area contributed by atoms with Gasteiger partial charge < -0.3 is 31.1 Å². The van der Waals surface area contributed by atoms with Crippen LogP contribution in [0.2, 0.25) is 0 Å². The summed E-state index contributed by atoms with van der Waals surface area (Å²) in [5.74, 6) is 0.815. The number of fused-ring (bicyclic) bond motifs is 1. The molecule has 0 spiro atoms. The van der Waals surface area contributed by atoms with Crippen molar-refractivity contribution in [2.75, 3.05) is 27.2 Å². The number of unbranched alkanes of at least 4 members (excludes halogenated alkanes) is 8. The van der Waals surface area contributed by atoms with E-state index in [0.29, 0.717) is 24.1 Å². The summed E-state index contributed by atoms with van der Waals surface area (Å²) < 4.78 is 18.3. The van der Waals surface area contributed by atoms with E-state index in [-0.39, 0.29) is 24.7 Å². The zero-order valence-electron chi connectivity index (χ0n) is 22.9. The van der Waals surface area contributed by atoms with Gasteiger partial charge >= 0.3 is 5.97 Å². The van der Waals surface area contributed by atoms with Crippen molar-refractivity contribution in [1.29, 1.82) is 0 Å². The van der Waals surface area contributed by atoms with Gasteiger partial charge in [-0.15, -0.1) is 0 Å². The third kappa shape index (κ3) is 11.9. The van der Waals surface area contributed by atoms with Crippen LogP contribution in [0.5, 0.6) is 5.75 Å². The van der Waals surface area contributed by atoms with Gasteiger partial charge in [0.15, 0.2) is 6.29 Å². The minimum absolute atomic E-state index is 0. The zero-order chi connectivity index (χ0) is 24.8. The molecule has 0 saturated carbocycles. The smallest absolute Gasteiger partial charge is 0.305 e. The first-order valence-electron chi connectivity index (χ1n) is 13.6. The van der Waals surface area contributed by atoms with Gasteiger partial charge in [-0.25, -0.2) is 0 Å². The summed E-state index contributed by atoms with van der Waals surface area (Å²) in [7, 11) is 4.32. The lowest BCUT2D eigenvalue weighted by Gasteiger charge is -2.33. The lowest BCUT2D eigenvalue weighted by Crippen LogP contribution is -3.00. The molecule has 0 N–H and O–H groups in total. The lowest BCUT2D eigenvalue weighted by atomic mass is 10.1. The van der Waals surface area contributed by atoms with Crippen molar-refractivity contribution in [3.8, 4) is 5.75 Å². The summed E-state index contributed by atoms with van der Waals surface area (Å²) in [6.07, 6.45) is 15.5. The maximum atomic E-state index is 12.1. The van der Waals surface area contributed by atoms with Crippen molar-refractivity contribution in [2.24, 2.45) is 0 Å². The Bertz CT molecular complexity index is 742. The molecule has 202 valence electrons. The van der Waals surface area contributed by atoms with Gasteiger partial charge in [-0.05, 0) is 13.3 Å². The second-order valence-corrected chi connectivity index (χ2v) is 10.4. The monoisotopic (exact) mass is 512 g/mol. The van der Waals surface area contributed by atoms with E-state index in [1.165, 1.54) is 44.9 Å². The zero-order valence-corrected chi connectivity index (χ0v) is 23.6. The Morgan fingerprint density at radius 2 is 1.71 bits per heavy atom. The third-order valence-electron chi connectivity index (χ3n) is 6.63. The number of esters is 1. The molecule has 0 aliphatic carbocycles. The highest BCUT2D eigenvalue weighted by molar-refractivity contribution is 5.69. The van der Waals surface area contributed by atoms with Crippen LogP contribution in [0.3, 0.4) is 0 Å². The second-order valence-electron chi connectivity index (χ2n) is 10.4. The van der Waals surface area contributed by atoms with Crippen LogP contribution in [0.4, 0.5) is 0 Å². The fourth-order valence-electron chi connectivity index (χ4n) is 4.45. The highest BCUT2D eigenvalue weighted by Gasteiger charge is 2.27. The number of likely N-dealkylation sites (N-methyl/N-ethyl adjacent to an activating group) is 1. The number of nitrogens with zero attached hydrogens (tertiary/aromatic N) is 2. The highest BCUT2D eigenvalue weighted by atomic mass is 35.5. The van der Waals surface area contributed by atoms with Crippen molar-refractivity contribution < 1.29 is 35.9 Å². The number of ether oxygens (including phenoxy) is 3. The minimum Gasteiger partial charge on any atom is -1.00 e. The largest absolute Gasteiger partial charge is 1.00 e. The number of hydrogen-bond donors (Lipinski definition) is 0. The maximum Gasteiger partial charge on any atom is 0.305 e. The quantitative estimate of drug-likeness (QED) is 0.182. The number of hydrogen-bond acceptors (Lipinski definition) is 5. The molecule has 0 saturated heterocycles. The summed E-state index contributed by atoms with van der Waals surface area (Å²) >= 11 is 0. The first kappa shape index (κ1) is 31.7. The molecule has 1 unspecified atom stereocenters. The van der Waals surface area contributed by atoms with Crippen LogP contribution >= 0.6 is 0 Å². The molecule has 1 aliphatic rings. The first-order chi connectivity index (χ1) is 16.4. The molecule has 7 heteroatoms. The average molecular weight is 513 g/mol. The van der Waals surface area contributed by atoms with Gasteiger partial charge in [-0.3, -0.25) is 9.78 Å². The fourth-order valence-corrected chi connectivity index (χ4v) is 4.45. The van der Waals surface area contributed by atoms with E-state index < -0.39 is 0 Å². The van der Waals surface area contributed by atoms with E-state index in [0.717, 1.165) is 61.3 Å². The Morgan fingerprint density at radius 1 is 1.06 bits per heavy atom. The van der Waals surface area contributed by atoms with Crippen LogP contribution in [-0.4, -0.2) is 49.0 Å². The maximum absolute atomic E-state index is 12.1. The lowest BCUT2D eigenvalue weighted by molar-refractivity contribution is -0.903. The van der Waals surface area contributed by atoms with E-state index in [2.05, 4.69) is 32.9 Å². The molecule has 35 heavy (non-hydrogen) atoms. The average Bonchev–Trinajstić information content (AvgIpc) is 2.80. The number of aryl methyl sites for hydroxylation is 1. The predicted octanol–water partition coefficient (Wildman–Crippen LogP) is 3.47. The highest BCUT2D eigenvalue weighted by Crippen LogP contribution is 2.33. The Kier molecular flexibility index (Phi) is 15.5. The van der Waals surface area contributed by atoms with Crippen molar-refractivity contribution in [3.63, 3.8) is 0 Å². The van der Waals surface area contributed by atoms with Gasteiger partial charge in [0.2, 0.25) is 0 Å². The number of pyridine rings is 1. The minimum atomic E-state index is -0.180. The van der Waals surface area contributed by atoms with Crippen molar-refractivity contribution in [1.82, 2.24) is 4.98 Å². The van der Waals surface area contributed by atoms with Crippen molar-refractivity contribution >= 4 is 5.97 Å². The van der Waals surface area contributed by atoms with E-state index in [4.69, 9.17) is 14.2 Å². The molecule has 1 aromatic rings. The molecule has 6 nitrogen and oxygen atoms in total. The van der Waals surface area contributed by atoms with E-state index in [1.54, 1.807) is 0 Å². The predicted molar refractivity (Wildman–Crippen MR) is 137 cm³/mol. The van der Waals surface area contributed by atoms with E-state index >= 15 is 0 Å². The topological polar surface area (TPSA) is 57.7 Å². The molecule has 1 aromatic heterocycles. The SMILES string of the molecule is CCCCCCCCCCCC(=O)OCC[N+](C)(C)Cc1cnc(C)c2c1COC(CCC)O2.[Cl-]. The Hall–Kier alpha value is -1.37. The molecule has 1 atom stereocenters.